The van der Waals surface area contributed by atoms with E-state index >= 15 is 0 Å². The molecule has 0 bridgehead atoms. The molecule has 0 aromatic heterocycles. The molecule has 0 radical (unpaired) electrons. The molecule has 14 heavy (non-hydrogen) atoms. The van der Waals surface area contributed by atoms with Crippen LogP contribution in [-0.2, 0) is 0 Å². The topological polar surface area (TPSA) is 0 Å². The molecule has 0 aromatic carbocycles. The summed E-state index contributed by atoms with van der Waals surface area (Å²) in [6.45, 7) is 4.39. The van der Waals surface area contributed by atoms with E-state index in [2.05, 4.69) is 59.0 Å². The Morgan fingerprint density at radius 2 is 1.07 bits per heavy atom. The van der Waals surface area contributed by atoms with Gasteiger partial charge in [-0.05, 0) is 59.0 Å². The van der Waals surface area contributed by atoms with E-state index in [0.29, 0.717) is 0 Å². The highest BCUT2D eigenvalue weighted by molar-refractivity contribution is 14.1. The van der Waals surface area contributed by atoms with Gasteiger partial charge in [0.2, 0.25) is 0 Å². The van der Waals surface area contributed by atoms with Crippen molar-refractivity contribution in [3.63, 3.8) is 0 Å². The van der Waals surface area contributed by atoms with Gasteiger partial charge < -0.3 is 0 Å². The molecule has 76 valence electrons. The number of hydrogen-bond acceptors (Lipinski definition) is 4. The summed E-state index contributed by atoms with van der Waals surface area (Å²) in [6.07, 6.45) is 0. The van der Waals surface area contributed by atoms with Crippen molar-refractivity contribution in [1.29, 1.82) is 0 Å². The van der Waals surface area contributed by atoms with Crippen molar-refractivity contribution in [2.24, 2.45) is 0 Å². The van der Waals surface area contributed by atoms with Crippen LogP contribution in [0.5, 0.6) is 0 Å². The van der Waals surface area contributed by atoms with Crippen molar-refractivity contribution in [2.75, 3.05) is 0 Å². The summed E-state index contributed by atoms with van der Waals surface area (Å²) in [5, 5.41) is 0. The summed E-state index contributed by atoms with van der Waals surface area (Å²) in [7, 11) is 0. The van der Waals surface area contributed by atoms with Crippen LogP contribution in [0.2, 0.25) is 0 Å². The van der Waals surface area contributed by atoms with Crippen molar-refractivity contribution in [3.8, 4) is 0 Å². The molecule has 0 amide bonds. The smallest absolute Gasteiger partial charge is 0.0708 e. The highest BCUT2D eigenvalue weighted by Crippen LogP contribution is 2.61. The third kappa shape index (κ3) is 2.66. The lowest BCUT2D eigenvalue weighted by Crippen LogP contribution is -1.66. The highest BCUT2D eigenvalue weighted by atomic mass is 127. The number of allylic oxidation sites excluding steroid dienone is 2. The third-order valence-corrected chi connectivity index (χ3v) is 10.6. The van der Waals surface area contributed by atoms with Crippen molar-refractivity contribution < 1.29 is 0 Å². The Kier molecular flexibility index (Phi) is 4.62. The molecule has 2 heterocycles. The molecule has 0 aromatic rings. The van der Waals surface area contributed by atoms with E-state index in [1.54, 1.807) is 0 Å². The first kappa shape index (κ1) is 12.5. The molecule has 0 saturated heterocycles. The van der Waals surface area contributed by atoms with Crippen molar-refractivity contribution in [2.45, 2.75) is 13.8 Å². The van der Waals surface area contributed by atoms with E-state index in [4.69, 9.17) is 0 Å². The van der Waals surface area contributed by atoms with E-state index in [1.807, 2.05) is 47.0 Å². The Balaban J connectivity index is 2.17. The lowest BCUT2D eigenvalue weighted by Gasteiger charge is -2.00. The van der Waals surface area contributed by atoms with Crippen LogP contribution in [0.15, 0.2) is 24.1 Å². The van der Waals surface area contributed by atoms with Gasteiger partial charge in [0, 0.05) is 9.81 Å². The number of hydrogen-bond donors (Lipinski definition) is 0. The maximum Gasteiger partial charge on any atom is 0.0708 e. The molecule has 0 saturated carbocycles. The number of halogens is 2. The standard InChI is InChI=1S/C8H6I2S4/c1-3-5(9)13-7(11-3)8-12-4(2)6(10)14-8/h1-2H3. The van der Waals surface area contributed by atoms with E-state index < -0.39 is 0 Å². The van der Waals surface area contributed by atoms with Gasteiger partial charge in [-0.3, -0.25) is 0 Å². The quantitative estimate of drug-likeness (QED) is 0.369. The van der Waals surface area contributed by atoms with Crippen LogP contribution >= 0.6 is 92.2 Å². The van der Waals surface area contributed by atoms with Gasteiger partial charge in [0.1, 0.15) is 0 Å². The zero-order valence-electron chi connectivity index (χ0n) is 7.39. The van der Waals surface area contributed by atoms with Crippen LogP contribution in [0.4, 0.5) is 0 Å². The van der Waals surface area contributed by atoms with Gasteiger partial charge in [0.25, 0.3) is 0 Å². The second-order valence-electron chi connectivity index (χ2n) is 2.64. The second-order valence-corrected chi connectivity index (χ2v) is 11.3. The molecule has 0 fully saturated rings. The van der Waals surface area contributed by atoms with Gasteiger partial charge in [0.15, 0.2) is 0 Å². The summed E-state index contributed by atoms with van der Waals surface area (Å²) in [5.41, 5.74) is 0. The van der Waals surface area contributed by atoms with Crippen LogP contribution < -0.4 is 0 Å². The molecule has 6 heteroatoms. The molecular weight excluding hydrogens is 478 g/mol. The Morgan fingerprint density at radius 3 is 1.29 bits per heavy atom. The van der Waals surface area contributed by atoms with Crippen molar-refractivity contribution in [1.82, 2.24) is 0 Å². The summed E-state index contributed by atoms with van der Waals surface area (Å²) in [6, 6.07) is 0. The predicted octanol–water partition coefficient (Wildman–Crippen LogP) is 6.32. The molecule has 2 aliphatic rings. The zero-order chi connectivity index (χ0) is 10.3. The summed E-state index contributed by atoms with van der Waals surface area (Å²) in [4.78, 5) is 2.89. The summed E-state index contributed by atoms with van der Waals surface area (Å²) >= 11 is 12.5. The first-order chi connectivity index (χ1) is 6.58. The molecule has 0 spiro atoms. The average Bonchev–Trinajstić information content (AvgIpc) is 2.60. The van der Waals surface area contributed by atoms with Gasteiger partial charge in [-0.25, -0.2) is 0 Å². The minimum absolute atomic E-state index is 1.43. The normalized spacial score (nSPS) is 28.3. The van der Waals surface area contributed by atoms with Gasteiger partial charge in [-0.15, -0.1) is 0 Å². The molecular formula is C8H6I2S4. The average molecular weight is 484 g/mol. The van der Waals surface area contributed by atoms with Crippen LogP contribution in [0.3, 0.4) is 0 Å². The first-order valence-electron chi connectivity index (χ1n) is 3.76. The maximum absolute atomic E-state index is 2.42. The molecule has 2 aliphatic heterocycles. The first-order valence-corrected chi connectivity index (χ1v) is 9.18. The molecule has 0 unspecified atom stereocenters. The fraction of sp³-hybridized carbons (Fsp3) is 0.250. The monoisotopic (exact) mass is 484 g/mol. The van der Waals surface area contributed by atoms with Gasteiger partial charge in [-0.1, -0.05) is 47.0 Å². The minimum Gasteiger partial charge on any atom is -0.0840 e. The zero-order valence-corrected chi connectivity index (χ0v) is 15.0. The molecule has 2 rings (SSSR count). The fourth-order valence-corrected chi connectivity index (χ4v) is 8.50. The Labute approximate surface area is 128 Å². The fourth-order valence-electron chi connectivity index (χ4n) is 0.873. The molecule has 0 nitrogen and oxygen atoms in total. The Hall–Kier alpha value is 2.08. The van der Waals surface area contributed by atoms with E-state index in [-0.39, 0.29) is 0 Å². The van der Waals surface area contributed by atoms with Crippen molar-refractivity contribution >= 4 is 92.2 Å². The second kappa shape index (κ2) is 5.16. The molecule has 0 aliphatic carbocycles. The van der Waals surface area contributed by atoms with Crippen LogP contribution in [-0.4, -0.2) is 0 Å². The van der Waals surface area contributed by atoms with Gasteiger partial charge in [0.05, 0.1) is 14.3 Å². The van der Waals surface area contributed by atoms with E-state index in [1.165, 1.54) is 24.1 Å². The summed E-state index contributed by atoms with van der Waals surface area (Å²) < 4.78 is 5.78. The van der Waals surface area contributed by atoms with E-state index in [0.717, 1.165) is 0 Å². The predicted molar refractivity (Wildman–Crippen MR) is 90.8 cm³/mol. The van der Waals surface area contributed by atoms with Crippen LogP contribution in [0.1, 0.15) is 13.8 Å². The number of thioether (sulfide) groups is 4. The van der Waals surface area contributed by atoms with Gasteiger partial charge >= 0.3 is 0 Å². The largest absolute Gasteiger partial charge is 0.0840 e. The van der Waals surface area contributed by atoms with Gasteiger partial charge in [-0.2, -0.15) is 0 Å². The Bertz CT molecular complexity index is 313. The van der Waals surface area contributed by atoms with Crippen molar-refractivity contribution in [3.05, 3.63) is 24.1 Å². The molecule has 0 N–H and O–H groups in total. The SMILES string of the molecule is CC1=C(I)SC(=C2SC(C)=C(I)S2)S1. The molecule has 0 atom stereocenters. The highest BCUT2D eigenvalue weighted by Gasteiger charge is 2.25. The lowest BCUT2D eigenvalue weighted by atomic mass is 10.8. The van der Waals surface area contributed by atoms with Crippen LogP contribution in [0.25, 0.3) is 0 Å². The summed E-state index contributed by atoms with van der Waals surface area (Å²) in [5.74, 6) is 0. The lowest BCUT2D eigenvalue weighted by molar-refractivity contribution is 1.72. The van der Waals surface area contributed by atoms with E-state index in [9.17, 15) is 0 Å². The third-order valence-electron chi connectivity index (χ3n) is 1.58. The maximum atomic E-state index is 2.42. The van der Waals surface area contributed by atoms with Crippen LogP contribution in [0, 0.1) is 0 Å². The number of rotatable bonds is 0. The minimum atomic E-state index is 1.43. The Morgan fingerprint density at radius 1 is 0.714 bits per heavy atom.